The molecule has 0 saturated carbocycles. The van der Waals surface area contributed by atoms with Crippen LogP contribution in [0.15, 0.2) is 60.7 Å². The Morgan fingerprint density at radius 2 is 1.26 bits per heavy atom. The molecule has 0 aliphatic carbocycles. The molecule has 1 heterocycles. The molecule has 0 radical (unpaired) electrons. The van der Waals surface area contributed by atoms with Crippen LogP contribution in [0.25, 0.3) is 0 Å². The number of esters is 1. The third-order valence-electron chi connectivity index (χ3n) is 6.92. The highest BCUT2D eigenvalue weighted by Gasteiger charge is 2.32. The number of carbonyl (C=O) groups excluding carboxylic acids is 4. The highest BCUT2D eigenvalue weighted by molar-refractivity contribution is 5.94. The third-order valence-corrected chi connectivity index (χ3v) is 6.92. The normalized spacial score (nSPS) is 15.4. The van der Waals surface area contributed by atoms with E-state index >= 15 is 0 Å². The lowest BCUT2D eigenvalue weighted by atomic mass is 10.0. The SMILES string of the molecule is O=C(CN1CCOCC1)N[C@@H](CCc1ccccc1)C(=O)N[C@@H](COC(F)F)C(=O)N[C@@H](COC(F)F)C(=O)OCc1ccccc1. The summed E-state index contributed by atoms with van der Waals surface area (Å²) in [6.07, 6.45) is 0.410. The van der Waals surface area contributed by atoms with E-state index in [1.54, 1.807) is 48.5 Å². The van der Waals surface area contributed by atoms with Gasteiger partial charge in [0.1, 0.15) is 18.7 Å². The quantitative estimate of drug-likeness (QED) is 0.150. The fourth-order valence-electron chi connectivity index (χ4n) is 4.49. The Hall–Kier alpha value is -4.12. The molecular weight excluding hydrogens is 632 g/mol. The Balaban J connectivity index is 1.72. The van der Waals surface area contributed by atoms with Crippen LogP contribution in [0.5, 0.6) is 0 Å². The van der Waals surface area contributed by atoms with Gasteiger partial charge in [-0.1, -0.05) is 60.7 Å². The van der Waals surface area contributed by atoms with Gasteiger partial charge in [0.05, 0.1) is 33.0 Å². The molecule has 258 valence electrons. The van der Waals surface area contributed by atoms with E-state index in [1.165, 1.54) is 0 Å². The monoisotopic (exact) mass is 670 g/mol. The number of nitrogens with zero attached hydrogens (tertiary/aromatic N) is 1. The molecule has 1 fully saturated rings. The molecule has 3 atom stereocenters. The van der Waals surface area contributed by atoms with Gasteiger partial charge < -0.3 is 34.9 Å². The minimum Gasteiger partial charge on any atom is -0.459 e. The van der Waals surface area contributed by atoms with Crippen LogP contribution in [-0.2, 0) is 51.2 Å². The number of ether oxygens (including phenoxy) is 4. The summed E-state index contributed by atoms with van der Waals surface area (Å²) in [5, 5.41) is 7.03. The third kappa shape index (κ3) is 14.5. The lowest BCUT2D eigenvalue weighted by Crippen LogP contribution is -2.58. The number of halogens is 4. The smallest absolute Gasteiger partial charge is 0.345 e. The van der Waals surface area contributed by atoms with Crippen LogP contribution < -0.4 is 16.0 Å². The number of alkyl halides is 4. The van der Waals surface area contributed by atoms with Crippen molar-refractivity contribution < 1.29 is 55.7 Å². The van der Waals surface area contributed by atoms with Crippen molar-refractivity contribution >= 4 is 23.7 Å². The van der Waals surface area contributed by atoms with E-state index in [-0.39, 0.29) is 19.6 Å². The lowest BCUT2D eigenvalue weighted by Gasteiger charge is -2.28. The molecule has 1 saturated heterocycles. The first kappa shape index (κ1) is 37.3. The first-order chi connectivity index (χ1) is 22.6. The van der Waals surface area contributed by atoms with Gasteiger partial charge in [0.25, 0.3) is 0 Å². The van der Waals surface area contributed by atoms with Crippen LogP contribution in [0.1, 0.15) is 17.5 Å². The Morgan fingerprint density at radius 3 is 1.85 bits per heavy atom. The van der Waals surface area contributed by atoms with Gasteiger partial charge in [0, 0.05) is 13.1 Å². The van der Waals surface area contributed by atoms with Gasteiger partial charge in [-0.3, -0.25) is 19.3 Å². The molecule has 2 aromatic carbocycles. The second kappa shape index (κ2) is 20.2. The van der Waals surface area contributed by atoms with Crippen molar-refractivity contribution in [1.82, 2.24) is 20.9 Å². The zero-order valence-electron chi connectivity index (χ0n) is 25.5. The fourth-order valence-corrected chi connectivity index (χ4v) is 4.49. The van der Waals surface area contributed by atoms with Crippen LogP contribution in [0.2, 0.25) is 0 Å². The Kier molecular flexibility index (Phi) is 16.0. The van der Waals surface area contributed by atoms with E-state index in [2.05, 4.69) is 25.4 Å². The summed E-state index contributed by atoms with van der Waals surface area (Å²) in [4.78, 5) is 54.1. The lowest BCUT2D eigenvalue weighted by molar-refractivity contribution is -0.163. The molecular formula is C31H38F4N4O8. The Labute approximate surface area is 269 Å². The van der Waals surface area contributed by atoms with Crippen molar-refractivity contribution in [2.24, 2.45) is 0 Å². The average molecular weight is 671 g/mol. The van der Waals surface area contributed by atoms with Crippen molar-refractivity contribution in [3.8, 4) is 0 Å². The topological polar surface area (TPSA) is 145 Å². The molecule has 0 spiro atoms. The van der Waals surface area contributed by atoms with Gasteiger partial charge in [0.15, 0.2) is 6.04 Å². The van der Waals surface area contributed by atoms with Crippen molar-refractivity contribution in [2.45, 2.75) is 50.8 Å². The molecule has 1 aliphatic heterocycles. The molecule has 0 aromatic heterocycles. The zero-order chi connectivity index (χ0) is 34.0. The summed E-state index contributed by atoms with van der Waals surface area (Å²) in [5.41, 5.74) is 1.41. The number of aryl methyl sites for hydroxylation is 1. The highest BCUT2D eigenvalue weighted by atomic mass is 19.3. The van der Waals surface area contributed by atoms with Crippen molar-refractivity contribution in [3.63, 3.8) is 0 Å². The van der Waals surface area contributed by atoms with Gasteiger partial charge in [-0.2, -0.15) is 17.6 Å². The second-order valence-electron chi connectivity index (χ2n) is 10.4. The number of rotatable bonds is 19. The van der Waals surface area contributed by atoms with E-state index in [0.717, 1.165) is 5.56 Å². The maximum atomic E-state index is 13.4. The maximum Gasteiger partial charge on any atom is 0.345 e. The summed E-state index contributed by atoms with van der Waals surface area (Å²) in [6, 6.07) is 12.5. The van der Waals surface area contributed by atoms with E-state index in [9.17, 15) is 36.7 Å². The molecule has 3 rings (SSSR count). The predicted molar refractivity (Wildman–Crippen MR) is 158 cm³/mol. The minimum absolute atomic E-state index is 0.0339. The fraction of sp³-hybridized carbons (Fsp3) is 0.484. The molecule has 47 heavy (non-hydrogen) atoms. The molecule has 1 aliphatic rings. The number of benzene rings is 2. The van der Waals surface area contributed by atoms with Gasteiger partial charge in [0.2, 0.25) is 17.7 Å². The number of morpholine rings is 1. The van der Waals surface area contributed by atoms with E-state index in [1.807, 2.05) is 17.0 Å². The van der Waals surface area contributed by atoms with Crippen LogP contribution in [0.3, 0.4) is 0 Å². The number of hydrogen-bond acceptors (Lipinski definition) is 9. The minimum atomic E-state index is -3.34. The van der Waals surface area contributed by atoms with Crippen molar-refractivity contribution in [3.05, 3.63) is 71.8 Å². The van der Waals surface area contributed by atoms with Gasteiger partial charge in [-0.05, 0) is 24.0 Å². The molecule has 0 bridgehead atoms. The van der Waals surface area contributed by atoms with E-state index in [4.69, 9.17) is 9.47 Å². The Bertz CT molecular complexity index is 1260. The largest absolute Gasteiger partial charge is 0.459 e. The summed E-state index contributed by atoms with van der Waals surface area (Å²) < 4.78 is 70.6. The predicted octanol–water partition coefficient (Wildman–Crippen LogP) is 1.63. The molecule has 3 N–H and O–H groups in total. The van der Waals surface area contributed by atoms with Crippen molar-refractivity contribution in [2.75, 3.05) is 46.1 Å². The summed E-state index contributed by atoms with van der Waals surface area (Å²) in [6.45, 7) is -7.12. The maximum absolute atomic E-state index is 13.4. The number of amides is 3. The van der Waals surface area contributed by atoms with E-state index < -0.39 is 68.3 Å². The van der Waals surface area contributed by atoms with E-state index in [0.29, 0.717) is 38.3 Å². The molecule has 3 amide bonds. The van der Waals surface area contributed by atoms with Crippen LogP contribution in [-0.4, -0.2) is 106 Å². The summed E-state index contributed by atoms with van der Waals surface area (Å²) in [5.74, 6) is -3.77. The number of hydrogen-bond donors (Lipinski definition) is 3. The molecule has 12 nitrogen and oxygen atoms in total. The van der Waals surface area contributed by atoms with Crippen LogP contribution >= 0.6 is 0 Å². The summed E-state index contributed by atoms with van der Waals surface area (Å²) >= 11 is 0. The van der Waals surface area contributed by atoms with Crippen LogP contribution in [0, 0.1) is 0 Å². The zero-order valence-corrected chi connectivity index (χ0v) is 25.5. The average Bonchev–Trinajstić information content (AvgIpc) is 3.06. The second-order valence-corrected chi connectivity index (χ2v) is 10.4. The first-order valence-corrected chi connectivity index (χ1v) is 14.8. The molecule has 2 aromatic rings. The summed E-state index contributed by atoms with van der Waals surface area (Å²) in [7, 11) is 0. The number of nitrogens with one attached hydrogen (secondary N) is 3. The van der Waals surface area contributed by atoms with Gasteiger partial charge >= 0.3 is 19.2 Å². The standard InChI is InChI=1S/C31H38F4N4O8/c32-30(33)46-19-24(28(42)38-25(20-47-31(34)35)29(43)45-18-22-9-5-2-6-10-22)37-27(41)23(12-11-21-7-3-1-4-8-21)36-26(40)17-39-13-15-44-16-14-39/h1-10,23-25,30-31H,11-20H2,(H,36,40)(H,37,41)(H,38,42)/t23-,24-,25-/m0/s1. The van der Waals surface area contributed by atoms with Gasteiger partial charge in [-0.15, -0.1) is 0 Å². The van der Waals surface area contributed by atoms with Gasteiger partial charge in [-0.25, -0.2) is 4.79 Å². The van der Waals surface area contributed by atoms with Crippen molar-refractivity contribution in [1.29, 1.82) is 0 Å². The first-order valence-electron chi connectivity index (χ1n) is 14.8. The molecule has 16 heteroatoms. The number of carbonyl (C=O) groups is 4. The van der Waals surface area contributed by atoms with Crippen LogP contribution in [0.4, 0.5) is 17.6 Å². The highest BCUT2D eigenvalue weighted by Crippen LogP contribution is 2.09. The Morgan fingerprint density at radius 1 is 0.723 bits per heavy atom. The molecule has 0 unspecified atom stereocenters.